The molecule has 1 aliphatic rings. The largest absolute Gasteiger partial charge is 0.370 e. The van der Waals surface area contributed by atoms with Gasteiger partial charge in [-0.2, -0.15) is 0 Å². The molecule has 0 atom stereocenters. The summed E-state index contributed by atoms with van der Waals surface area (Å²) >= 11 is 0. The van der Waals surface area contributed by atoms with Gasteiger partial charge in [0.15, 0.2) is 0 Å². The van der Waals surface area contributed by atoms with Gasteiger partial charge in [0.25, 0.3) is 0 Å². The predicted octanol–water partition coefficient (Wildman–Crippen LogP) is 3.07. The summed E-state index contributed by atoms with van der Waals surface area (Å²) in [5.41, 5.74) is 3.63. The lowest BCUT2D eigenvalue weighted by molar-refractivity contribution is -0.115. The Bertz CT molecular complexity index is 653. The van der Waals surface area contributed by atoms with Crippen molar-refractivity contribution in [2.45, 2.75) is 33.1 Å². The van der Waals surface area contributed by atoms with Gasteiger partial charge in [-0.1, -0.05) is 17.3 Å². The third kappa shape index (κ3) is 2.98. The quantitative estimate of drug-likeness (QED) is 0.942. The van der Waals surface area contributed by atoms with E-state index in [-0.39, 0.29) is 12.3 Å². The minimum absolute atomic E-state index is 0.0407. The first kappa shape index (κ1) is 14.6. The summed E-state index contributed by atoms with van der Waals surface area (Å²) in [6, 6.07) is 7.98. The molecule has 1 fully saturated rings. The number of rotatable bonds is 4. The molecule has 0 saturated carbocycles. The Morgan fingerprint density at radius 1 is 1.27 bits per heavy atom. The molecule has 2 heterocycles. The van der Waals surface area contributed by atoms with Gasteiger partial charge in [0, 0.05) is 18.7 Å². The van der Waals surface area contributed by atoms with Crippen molar-refractivity contribution < 1.29 is 9.32 Å². The SMILES string of the molecule is Cc1noc(C)c1CC(=O)Nc1ccccc1N1CCCC1. The van der Waals surface area contributed by atoms with Crippen molar-refractivity contribution in [1.82, 2.24) is 5.16 Å². The maximum Gasteiger partial charge on any atom is 0.229 e. The smallest absolute Gasteiger partial charge is 0.229 e. The lowest BCUT2D eigenvalue weighted by Crippen LogP contribution is -2.22. The number of para-hydroxylation sites is 2. The monoisotopic (exact) mass is 299 g/mol. The lowest BCUT2D eigenvalue weighted by atomic mass is 10.1. The minimum Gasteiger partial charge on any atom is -0.370 e. The average molecular weight is 299 g/mol. The molecule has 0 spiro atoms. The van der Waals surface area contributed by atoms with Gasteiger partial charge in [0.05, 0.1) is 23.5 Å². The Morgan fingerprint density at radius 3 is 2.68 bits per heavy atom. The molecule has 0 aliphatic carbocycles. The summed E-state index contributed by atoms with van der Waals surface area (Å²) in [7, 11) is 0. The van der Waals surface area contributed by atoms with Crippen LogP contribution < -0.4 is 10.2 Å². The van der Waals surface area contributed by atoms with E-state index in [1.165, 1.54) is 12.8 Å². The first-order chi connectivity index (χ1) is 10.6. The predicted molar refractivity (Wildman–Crippen MR) is 86.2 cm³/mol. The molecule has 1 N–H and O–H groups in total. The molecule has 5 heteroatoms. The van der Waals surface area contributed by atoms with E-state index >= 15 is 0 Å². The van der Waals surface area contributed by atoms with E-state index in [4.69, 9.17) is 4.52 Å². The van der Waals surface area contributed by atoms with Crippen molar-refractivity contribution in [3.05, 3.63) is 41.3 Å². The van der Waals surface area contributed by atoms with Crippen molar-refractivity contribution in [2.24, 2.45) is 0 Å². The number of carbonyl (C=O) groups excluding carboxylic acids is 1. The lowest BCUT2D eigenvalue weighted by Gasteiger charge is -2.21. The topological polar surface area (TPSA) is 58.4 Å². The zero-order chi connectivity index (χ0) is 15.5. The second-order valence-corrected chi connectivity index (χ2v) is 5.74. The number of aryl methyl sites for hydroxylation is 2. The fourth-order valence-electron chi connectivity index (χ4n) is 2.92. The van der Waals surface area contributed by atoms with Gasteiger partial charge in [-0.3, -0.25) is 4.79 Å². The van der Waals surface area contributed by atoms with Crippen LogP contribution in [0.4, 0.5) is 11.4 Å². The molecule has 0 bridgehead atoms. The van der Waals surface area contributed by atoms with Crippen LogP contribution in [0.15, 0.2) is 28.8 Å². The third-order valence-corrected chi connectivity index (χ3v) is 4.14. The second-order valence-electron chi connectivity index (χ2n) is 5.74. The molecule has 2 aromatic rings. The van der Waals surface area contributed by atoms with E-state index < -0.39 is 0 Å². The molecule has 1 amide bonds. The van der Waals surface area contributed by atoms with Crippen LogP contribution >= 0.6 is 0 Å². The highest BCUT2D eigenvalue weighted by Crippen LogP contribution is 2.28. The van der Waals surface area contributed by atoms with Gasteiger partial charge in [-0.15, -0.1) is 0 Å². The third-order valence-electron chi connectivity index (χ3n) is 4.14. The molecule has 1 aromatic heterocycles. The number of benzene rings is 1. The van der Waals surface area contributed by atoms with Crippen LogP contribution in [0.5, 0.6) is 0 Å². The summed E-state index contributed by atoms with van der Waals surface area (Å²) in [5, 5.41) is 6.92. The van der Waals surface area contributed by atoms with E-state index in [0.717, 1.165) is 35.7 Å². The fraction of sp³-hybridized carbons (Fsp3) is 0.412. The van der Waals surface area contributed by atoms with Crippen LogP contribution in [-0.4, -0.2) is 24.2 Å². The fourth-order valence-corrected chi connectivity index (χ4v) is 2.92. The molecule has 1 aliphatic heterocycles. The van der Waals surface area contributed by atoms with E-state index in [1.54, 1.807) is 0 Å². The number of nitrogens with zero attached hydrogens (tertiary/aromatic N) is 2. The highest BCUT2D eigenvalue weighted by Gasteiger charge is 2.18. The van der Waals surface area contributed by atoms with Crippen LogP contribution in [0, 0.1) is 13.8 Å². The first-order valence-corrected chi connectivity index (χ1v) is 7.70. The van der Waals surface area contributed by atoms with E-state index in [9.17, 15) is 4.79 Å². The Kier molecular flexibility index (Phi) is 4.13. The highest BCUT2D eigenvalue weighted by molar-refractivity contribution is 5.95. The molecule has 22 heavy (non-hydrogen) atoms. The van der Waals surface area contributed by atoms with Crippen LogP contribution in [-0.2, 0) is 11.2 Å². The standard InChI is InChI=1S/C17H21N3O2/c1-12-14(13(2)22-19-12)11-17(21)18-15-7-3-4-8-16(15)20-9-5-6-10-20/h3-4,7-8H,5-6,9-11H2,1-2H3,(H,18,21). The molecule has 3 rings (SSSR count). The maximum absolute atomic E-state index is 12.4. The Balaban J connectivity index is 1.74. The molecule has 116 valence electrons. The van der Waals surface area contributed by atoms with Crippen molar-refractivity contribution in [3.8, 4) is 0 Å². The summed E-state index contributed by atoms with van der Waals surface area (Å²) in [4.78, 5) is 14.7. The van der Waals surface area contributed by atoms with Crippen molar-refractivity contribution in [1.29, 1.82) is 0 Å². The van der Waals surface area contributed by atoms with Crippen molar-refractivity contribution >= 4 is 17.3 Å². The van der Waals surface area contributed by atoms with Crippen LogP contribution in [0.1, 0.15) is 29.9 Å². The molecule has 0 unspecified atom stereocenters. The van der Waals surface area contributed by atoms with Gasteiger partial charge >= 0.3 is 0 Å². The van der Waals surface area contributed by atoms with E-state index in [1.807, 2.05) is 32.0 Å². The van der Waals surface area contributed by atoms with Gasteiger partial charge in [0.1, 0.15) is 5.76 Å². The maximum atomic E-state index is 12.4. The first-order valence-electron chi connectivity index (χ1n) is 7.70. The molecule has 0 radical (unpaired) electrons. The highest BCUT2D eigenvalue weighted by atomic mass is 16.5. The summed E-state index contributed by atoms with van der Waals surface area (Å²) in [6.45, 7) is 5.80. The second kappa shape index (κ2) is 6.22. The van der Waals surface area contributed by atoms with E-state index in [0.29, 0.717) is 5.76 Å². The van der Waals surface area contributed by atoms with Gasteiger partial charge in [-0.05, 0) is 38.8 Å². The Hall–Kier alpha value is -2.30. The minimum atomic E-state index is -0.0407. The Labute approximate surface area is 130 Å². The molecule has 5 nitrogen and oxygen atoms in total. The number of nitrogens with one attached hydrogen (secondary N) is 1. The zero-order valence-corrected chi connectivity index (χ0v) is 13.1. The van der Waals surface area contributed by atoms with Crippen LogP contribution in [0.3, 0.4) is 0 Å². The van der Waals surface area contributed by atoms with Gasteiger partial charge < -0.3 is 14.7 Å². The van der Waals surface area contributed by atoms with Crippen molar-refractivity contribution in [2.75, 3.05) is 23.3 Å². The van der Waals surface area contributed by atoms with E-state index in [2.05, 4.69) is 21.4 Å². The Morgan fingerprint density at radius 2 is 2.00 bits per heavy atom. The number of hydrogen-bond donors (Lipinski definition) is 1. The number of carbonyl (C=O) groups is 1. The number of aromatic nitrogens is 1. The van der Waals surface area contributed by atoms with Crippen LogP contribution in [0.2, 0.25) is 0 Å². The molecular weight excluding hydrogens is 278 g/mol. The number of hydrogen-bond acceptors (Lipinski definition) is 4. The van der Waals surface area contributed by atoms with Crippen LogP contribution in [0.25, 0.3) is 0 Å². The average Bonchev–Trinajstić information content (AvgIpc) is 3.13. The summed E-state index contributed by atoms with van der Waals surface area (Å²) in [5.74, 6) is 0.668. The molecule has 1 saturated heterocycles. The zero-order valence-electron chi connectivity index (χ0n) is 13.1. The van der Waals surface area contributed by atoms with Gasteiger partial charge in [0.2, 0.25) is 5.91 Å². The summed E-state index contributed by atoms with van der Waals surface area (Å²) in [6.07, 6.45) is 2.71. The number of amides is 1. The molecular formula is C17H21N3O2. The summed E-state index contributed by atoms with van der Waals surface area (Å²) < 4.78 is 5.11. The normalized spacial score (nSPS) is 14.4. The number of anilines is 2. The van der Waals surface area contributed by atoms with Crippen molar-refractivity contribution in [3.63, 3.8) is 0 Å². The molecule has 1 aromatic carbocycles. The van der Waals surface area contributed by atoms with Gasteiger partial charge in [-0.25, -0.2) is 0 Å².